The van der Waals surface area contributed by atoms with E-state index in [4.69, 9.17) is 5.73 Å². The minimum Gasteiger partial charge on any atom is -0.398 e. The summed E-state index contributed by atoms with van der Waals surface area (Å²) < 4.78 is 11.7. The maximum absolute atomic E-state index is 11.7. The summed E-state index contributed by atoms with van der Waals surface area (Å²) in [6.45, 7) is 5.23. The molecule has 1 aromatic heterocycles. The highest BCUT2D eigenvalue weighted by atomic mass is 31.2. The predicted octanol–water partition coefficient (Wildman–Crippen LogP) is 1.22. The van der Waals surface area contributed by atoms with Gasteiger partial charge in [0.05, 0.1) is 5.30 Å². The van der Waals surface area contributed by atoms with Gasteiger partial charge in [0.1, 0.15) is 7.14 Å². The lowest BCUT2D eigenvalue weighted by Gasteiger charge is -2.11. The van der Waals surface area contributed by atoms with E-state index in [0.717, 1.165) is 5.69 Å². The smallest absolute Gasteiger partial charge is 0.113 e. The number of hydrogen-bond donors (Lipinski definition) is 1. The van der Waals surface area contributed by atoms with Crippen LogP contribution in [0, 0.1) is 6.92 Å². The lowest BCUT2D eigenvalue weighted by atomic mass is 10.3. The first-order chi connectivity index (χ1) is 5.43. The van der Waals surface area contributed by atoms with Crippen molar-refractivity contribution in [2.75, 3.05) is 19.1 Å². The van der Waals surface area contributed by atoms with Crippen LogP contribution in [0.3, 0.4) is 0 Å². The van der Waals surface area contributed by atoms with E-state index in [1.807, 2.05) is 6.92 Å². The normalized spacial score (nSPS) is 11.6. The second-order valence-electron chi connectivity index (χ2n) is 3.19. The summed E-state index contributed by atoms with van der Waals surface area (Å²) in [5.41, 5.74) is 7.04. The molecule has 0 spiro atoms. The van der Waals surface area contributed by atoms with E-state index in [2.05, 4.69) is 4.98 Å². The number of rotatable bonds is 1. The first-order valence-corrected chi connectivity index (χ1v) is 6.29. The fourth-order valence-corrected chi connectivity index (χ4v) is 2.81. The van der Waals surface area contributed by atoms with Gasteiger partial charge in [-0.05, 0) is 26.3 Å². The van der Waals surface area contributed by atoms with Gasteiger partial charge < -0.3 is 10.3 Å². The minimum atomic E-state index is -2.28. The molecule has 0 aliphatic heterocycles. The second kappa shape index (κ2) is 2.91. The van der Waals surface area contributed by atoms with Crippen molar-refractivity contribution in [3.8, 4) is 0 Å². The molecule has 0 radical (unpaired) electrons. The van der Waals surface area contributed by atoms with Gasteiger partial charge in [-0.15, -0.1) is 0 Å². The van der Waals surface area contributed by atoms with Crippen molar-refractivity contribution >= 4 is 18.1 Å². The Bertz CT molecular complexity index is 323. The van der Waals surface area contributed by atoms with Gasteiger partial charge in [0.2, 0.25) is 0 Å². The monoisotopic (exact) mass is 184 g/mol. The quantitative estimate of drug-likeness (QED) is 0.667. The summed E-state index contributed by atoms with van der Waals surface area (Å²) in [6, 6.07) is 1.68. The molecule has 2 N–H and O–H groups in total. The molecule has 0 aromatic carbocycles. The average molecular weight is 184 g/mol. The van der Waals surface area contributed by atoms with Gasteiger partial charge in [-0.1, -0.05) is 0 Å². The van der Waals surface area contributed by atoms with Gasteiger partial charge in [0.25, 0.3) is 0 Å². The molecule has 0 saturated carbocycles. The molecule has 3 nitrogen and oxygen atoms in total. The number of pyridine rings is 1. The predicted molar refractivity (Wildman–Crippen MR) is 52.5 cm³/mol. The van der Waals surface area contributed by atoms with Gasteiger partial charge in [-0.25, -0.2) is 0 Å². The summed E-state index contributed by atoms with van der Waals surface area (Å²) in [5.74, 6) is 0. The zero-order valence-electron chi connectivity index (χ0n) is 7.53. The molecule has 0 saturated heterocycles. The first-order valence-electron chi connectivity index (χ1n) is 3.69. The SMILES string of the molecule is Cc1nccc(N)c1P(C)(C)=O. The number of hydrogen-bond acceptors (Lipinski definition) is 3. The van der Waals surface area contributed by atoms with E-state index >= 15 is 0 Å². The van der Waals surface area contributed by atoms with Crippen molar-refractivity contribution in [2.45, 2.75) is 6.92 Å². The number of aromatic nitrogens is 1. The van der Waals surface area contributed by atoms with E-state index in [-0.39, 0.29) is 0 Å². The third-order valence-corrected chi connectivity index (χ3v) is 3.34. The highest BCUT2D eigenvalue weighted by Gasteiger charge is 2.17. The molecule has 0 aliphatic carbocycles. The molecule has 0 atom stereocenters. The molecule has 1 heterocycles. The number of aryl methyl sites for hydroxylation is 1. The zero-order valence-corrected chi connectivity index (χ0v) is 8.43. The van der Waals surface area contributed by atoms with Crippen LogP contribution in [0.1, 0.15) is 5.69 Å². The molecular formula is C8H13N2OP. The van der Waals surface area contributed by atoms with Crippen molar-refractivity contribution in [3.63, 3.8) is 0 Å². The Kier molecular flexibility index (Phi) is 2.25. The molecule has 4 heteroatoms. The Balaban J connectivity index is 3.42. The Hall–Kier alpha value is -0.820. The molecule has 0 unspecified atom stereocenters. The van der Waals surface area contributed by atoms with E-state index < -0.39 is 7.14 Å². The molecular weight excluding hydrogens is 171 g/mol. The standard InChI is InChI=1S/C8H13N2OP/c1-6-8(12(2,3)11)7(9)4-5-10-6/h4-5H,1-3H3,(H2,9,10). The van der Waals surface area contributed by atoms with Crippen molar-refractivity contribution in [3.05, 3.63) is 18.0 Å². The van der Waals surface area contributed by atoms with Gasteiger partial charge in [-0.2, -0.15) is 0 Å². The van der Waals surface area contributed by atoms with Crippen LogP contribution in [-0.2, 0) is 4.57 Å². The maximum Gasteiger partial charge on any atom is 0.113 e. The summed E-state index contributed by atoms with van der Waals surface area (Å²) >= 11 is 0. The van der Waals surface area contributed by atoms with E-state index in [1.54, 1.807) is 25.6 Å². The number of nitrogens with two attached hydrogens (primary N) is 1. The van der Waals surface area contributed by atoms with E-state index in [0.29, 0.717) is 11.0 Å². The van der Waals surface area contributed by atoms with Crippen LogP contribution in [0.4, 0.5) is 5.69 Å². The zero-order chi connectivity index (χ0) is 9.35. The Morgan fingerprint density at radius 1 is 1.50 bits per heavy atom. The summed E-state index contributed by atoms with van der Waals surface area (Å²) in [6.07, 6.45) is 1.63. The van der Waals surface area contributed by atoms with Crippen LogP contribution >= 0.6 is 7.14 Å². The fraction of sp³-hybridized carbons (Fsp3) is 0.375. The van der Waals surface area contributed by atoms with Crippen molar-refractivity contribution in [2.24, 2.45) is 0 Å². The highest BCUT2D eigenvalue weighted by Crippen LogP contribution is 2.37. The molecule has 66 valence electrons. The van der Waals surface area contributed by atoms with Crippen molar-refractivity contribution in [1.29, 1.82) is 0 Å². The van der Waals surface area contributed by atoms with Crippen LogP contribution in [0.5, 0.6) is 0 Å². The van der Waals surface area contributed by atoms with E-state index in [9.17, 15) is 4.57 Å². The van der Waals surface area contributed by atoms with Crippen LogP contribution in [0.25, 0.3) is 0 Å². The maximum atomic E-state index is 11.7. The lowest BCUT2D eigenvalue weighted by Crippen LogP contribution is -2.14. The average Bonchev–Trinajstić information content (AvgIpc) is 1.82. The fourth-order valence-electron chi connectivity index (χ4n) is 1.28. The van der Waals surface area contributed by atoms with Crippen molar-refractivity contribution < 1.29 is 4.57 Å². The molecule has 0 amide bonds. The molecule has 1 rings (SSSR count). The Morgan fingerprint density at radius 3 is 2.42 bits per heavy atom. The number of anilines is 1. The Labute approximate surface area is 72.4 Å². The van der Waals surface area contributed by atoms with E-state index in [1.165, 1.54) is 0 Å². The van der Waals surface area contributed by atoms with Gasteiger partial charge in [0.15, 0.2) is 0 Å². The third-order valence-electron chi connectivity index (χ3n) is 1.68. The summed E-state index contributed by atoms with van der Waals surface area (Å²) in [7, 11) is -2.28. The third kappa shape index (κ3) is 1.67. The molecule has 0 fully saturated rings. The van der Waals surface area contributed by atoms with Crippen LogP contribution < -0.4 is 11.0 Å². The largest absolute Gasteiger partial charge is 0.398 e. The molecule has 12 heavy (non-hydrogen) atoms. The first kappa shape index (κ1) is 9.27. The molecule has 0 aliphatic rings. The molecule has 0 bridgehead atoms. The summed E-state index contributed by atoms with van der Waals surface area (Å²) in [5, 5.41) is 0.713. The summed E-state index contributed by atoms with van der Waals surface area (Å²) in [4.78, 5) is 4.05. The number of nitrogen functional groups attached to an aromatic ring is 1. The van der Waals surface area contributed by atoms with Gasteiger partial charge >= 0.3 is 0 Å². The molecule has 1 aromatic rings. The van der Waals surface area contributed by atoms with Crippen LogP contribution in [0.15, 0.2) is 12.3 Å². The minimum absolute atomic E-state index is 0.579. The van der Waals surface area contributed by atoms with Gasteiger partial charge in [-0.3, -0.25) is 4.98 Å². The van der Waals surface area contributed by atoms with Crippen LogP contribution in [0.2, 0.25) is 0 Å². The topological polar surface area (TPSA) is 56.0 Å². The van der Waals surface area contributed by atoms with Crippen molar-refractivity contribution in [1.82, 2.24) is 4.98 Å². The van der Waals surface area contributed by atoms with Crippen LogP contribution in [-0.4, -0.2) is 18.3 Å². The van der Waals surface area contributed by atoms with Gasteiger partial charge in [0, 0.05) is 17.6 Å². The lowest BCUT2D eigenvalue weighted by molar-refractivity contribution is 0.588. The number of nitrogens with zero attached hydrogens (tertiary/aromatic N) is 1. The Morgan fingerprint density at radius 2 is 2.08 bits per heavy atom. The second-order valence-corrected chi connectivity index (χ2v) is 6.33. The highest BCUT2D eigenvalue weighted by molar-refractivity contribution is 7.70.